The van der Waals surface area contributed by atoms with Crippen molar-refractivity contribution in [1.82, 2.24) is 4.57 Å². The second-order valence-electron chi connectivity index (χ2n) is 5.67. The van der Waals surface area contributed by atoms with Crippen LogP contribution in [0.4, 0.5) is 18.9 Å². The first-order valence-corrected chi connectivity index (χ1v) is 9.45. The summed E-state index contributed by atoms with van der Waals surface area (Å²) in [5.74, 6) is -5.41. The maximum absolute atomic E-state index is 13.3. The molecule has 5 nitrogen and oxygen atoms in total. The lowest BCUT2D eigenvalue weighted by Crippen LogP contribution is -2.17. The average Bonchev–Trinajstić information content (AvgIpc) is 3.02. The molecule has 3 rings (SSSR count). The highest BCUT2D eigenvalue weighted by Crippen LogP contribution is 2.36. The van der Waals surface area contributed by atoms with Crippen LogP contribution in [0.15, 0.2) is 17.0 Å². The van der Waals surface area contributed by atoms with E-state index in [9.17, 15) is 26.4 Å². The van der Waals surface area contributed by atoms with Gasteiger partial charge in [0.05, 0.1) is 5.02 Å². The van der Waals surface area contributed by atoms with Crippen LogP contribution in [-0.2, 0) is 22.8 Å². The Bertz CT molecular complexity index is 979. The molecule has 0 fully saturated rings. The lowest BCUT2D eigenvalue weighted by molar-refractivity contribution is 0.101. The maximum Gasteiger partial charge on any atom is 0.273 e. The van der Waals surface area contributed by atoms with E-state index in [2.05, 4.69) is 5.32 Å². The number of nitrogens with zero attached hydrogens (tertiary/aromatic N) is 1. The molecule has 0 radical (unpaired) electrons. The SMILES string of the molecule is CS(=O)(=O)c1c(Cl)c(C(=O)Nc2cc(F)c(F)c(F)c2)n2c1CCC2. The van der Waals surface area contributed by atoms with Crippen molar-refractivity contribution in [2.24, 2.45) is 0 Å². The molecule has 1 N–H and O–H groups in total. The molecule has 0 aliphatic carbocycles. The normalized spacial score (nSPS) is 13.8. The number of hydrogen-bond donors (Lipinski definition) is 1. The third-order valence-electron chi connectivity index (χ3n) is 3.89. The molecule has 1 aromatic carbocycles. The molecule has 0 bridgehead atoms. The Morgan fingerprint density at radius 2 is 1.84 bits per heavy atom. The summed E-state index contributed by atoms with van der Waals surface area (Å²) in [6.07, 6.45) is 2.06. The van der Waals surface area contributed by atoms with Crippen LogP contribution >= 0.6 is 11.6 Å². The number of hydrogen-bond acceptors (Lipinski definition) is 3. The van der Waals surface area contributed by atoms with E-state index in [1.165, 1.54) is 4.57 Å². The fourth-order valence-corrected chi connectivity index (χ4v) is 4.71. The molecule has 2 heterocycles. The van der Waals surface area contributed by atoms with Gasteiger partial charge < -0.3 is 9.88 Å². The fourth-order valence-electron chi connectivity index (χ4n) is 2.93. The monoisotopic (exact) mass is 392 g/mol. The van der Waals surface area contributed by atoms with Gasteiger partial charge in [0, 0.05) is 36.3 Å². The number of halogens is 4. The Kier molecular flexibility index (Phi) is 4.32. The topological polar surface area (TPSA) is 68.2 Å². The zero-order chi connectivity index (χ0) is 18.5. The fraction of sp³-hybridized carbons (Fsp3) is 0.267. The summed E-state index contributed by atoms with van der Waals surface area (Å²) in [4.78, 5) is 12.4. The minimum atomic E-state index is -3.67. The minimum absolute atomic E-state index is 0.111. The number of rotatable bonds is 3. The maximum atomic E-state index is 13.3. The van der Waals surface area contributed by atoms with Crippen molar-refractivity contribution in [3.8, 4) is 0 Å². The highest BCUT2D eigenvalue weighted by atomic mass is 35.5. The quantitative estimate of drug-likeness (QED) is 0.816. The van der Waals surface area contributed by atoms with Gasteiger partial charge in [0.25, 0.3) is 5.91 Å². The molecule has 0 unspecified atom stereocenters. The molecule has 10 heteroatoms. The van der Waals surface area contributed by atoms with Crippen molar-refractivity contribution in [2.75, 3.05) is 11.6 Å². The first-order valence-electron chi connectivity index (χ1n) is 7.18. The molecule has 0 atom stereocenters. The van der Waals surface area contributed by atoms with E-state index < -0.39 is 33.2 Å². The van der Waals surface area contributed by atoms with Crippen molar-refractivity contribution < 1.29 is 26.4 Å². The van der Waals surface area contributed by atoms with Gasteiger partial charge in [-0.3, -0.25) is 4.79 Å². The van der Waals surface area contributed by atoms with E-state index in [-0.39, 0.29) is 21.3 Å². The number of carbonyl (C=O) groups excluding carboxylic acids is 1. The van der Waals surface area contributed by atoms with E-state index in [1.54, 1.807) is 0 Å². The predicted molar refractivity (Wildman–Crippen MR) is 85.1 cm³/mol. The van der Waals surface area contributed by atoms with Gasteiger partial charge in [-0.25, -0.2) is 21.6 Å². The molecule has 0 saturated carbocycles. The first-order chi connectivity index (χ1) is 11.6. The Balaban J connectivity index is 2.05. The van der Waals surface area contributed by atoms with Gasteiger partial charge >= 0.3 is 0 Å². The highest BCUT2D eigenvalue weighted by molar-refractivity contribution is 7.90. The second kappa shape index (κ2) is 6.06. The van der Waals surface area contributed by atoms with Crippen LogP contribution in [0.1, 0.15) is 22.6 Å². The van der Waals surface area contributed by atoms with Crippen LogP contribution in [0.5, 0.6) is 0 Å². The van der Waals surface area contributed by atoms with Crippen LogP contribution in [0, 0.1) is 17.5 Å². The molecular formula is C15H12ClF3N2O3S. The summed E-state index contributed by atoms with van der Waals surface area (Å²) in [7, 11) is -3.67. The molecule has 1 amide bonds. The number of sulfone groups is 1. The van der Waals surface area contributed by atoms with Crippen LogP contribution in [-0.4, -0.2) is 25.1 Å². The number of anilines is 1. The summed E-state index contributed by atoms with van der Waals surface area (Å²) >= 11 is 6.11. The van der Waals surface area contributed by atoms with Gasteiger partial charge in [-0.05, 0) is 12.8 Å². The van der Waals surface area contributed by atoms with Gasteiger partial charge in [-0.15, -0.1) is 0 Å². The predicted octanol–water partition coefficient (Wildman–Crippen LogP) is 3.16. The van der Waals surface area contributed by atoms with Gasteiger partial charge in [-0.2, -0.15) is 0 Å². The lowest BCUT2D eigenvalue weighted by Gasteiger charge is -2.09. The van der Waals surface area contributed by atoms with Crippen molar-refractivity contribution >= 4 is 33.0 Å². The largest absolute Gasteiger partial charge is 0.338 e. The van der Waals surface area contributed by atoms with Crippen LogP contribution < -0.4 is 5.32 Å². The third-order valence-corrected chi connectivity index (χ3v) is 5.55. The third kappa shape index (κ3) is 3.02. The first kappa shape index (κ1) is 17.8. The van der Waals surface area contributed by atoms with Crippen molar-refractivity contribution in [3.63, 3.8) is 0 Å². The second-order valence-corrected chi connectivity index (χ2v) is 8.00. The molecule has 0 saturated heterocycles. The Morgan fingerprint density at radius 1 is 1.24 bits per heavy atom. The number of carbonyl (C=O) groups is 1. The summed E-state index contributed by atoms with van der Waals surface area (Å²) in [5, 5.41) is 1.98. The van der Waals surface area contributed by atoms with E-state index in [0.29, 0.717) is 37.2 Å². The van der Waals surface area contributed by atoms with Crippen LogP contribution in [0.2, 0.25) is 5.02 Å². The number of benzene rings is 1. The Morgan fingerprint density at radius 3 is 2.40 bits per heavy atom. The van der Waals surface area contributed by atoms with Crippen molar-refractivity contribution in [1.29, 1.82) is 0 Å². The summed E-state index contributed by atoms with van der Waals surface area (Å²) in [6, 6.07) is 1.24. The average molecular weight is 393 g/mol. The van der Waals surface area contributed by atoms with Crippen molar-refractivity contribution in [3.05, 3.63) is 46.0 Å². The number of aromatic nitrogens is 1. The van der Waals surface area contributed by atoms with E-state index in [0.717, 1.165) is 6.26 Å². The molecule has 25 heavy (non-hydrogen) atoms. The zero-order valence-electron chi connectivity index (χ0n) is 12.9. The lowest BCUT2D eigenvalue weighted by atomic mass is 10.2. The van der Waals surface area contributed by atoms with Crippen LogP contribution in [0.25, 0.3) is 0 Å². The molecule has 1 aliphatic heterocycles. The molecule has 134 valence electrons. The Labute approximate surface area is 146 Å². The molecule has 2 aromatic rings. The number of nitrogens with one attached hydrogen (secondary N) is 1. The van der Waals surface area contributed by atoms with Gasteiger partial charge in [0.2, 0.25) is 0 Å². The number of fused-ring (bicyclic) bond motifs is 1. The number of amides is 1. The van der Waals surface area contributed by atoms with E-state index in [1.807, 2.05) is 0 Å². The summed E-state index contributed by atoms with van der Waals surface area (Å²) < 4.78 is 65.0. The Hall–Kier alpha value is -2.00. The summed E-state index contributed by atoms with van der Waals surface area (Å²) in [5.41, 5.74) is 0.000712. The molecular weight excluding hydrogens is 381 g/mol. The smallest absolute Gasteiger partial charge is 0.273 e. The van der Waals surface area contributed by atoms with Gasteiger partial charge in [0.15, 0.2) is 27.3 Å². The van der Waals surface area contributed by atoms with E-state index >= 15 is 0 Å². The molecule has 1 aliphatic rings. The van der Waals surface area contributed by atoms with Gasteiger partial charge in [0.1, 0.15) is 10.6 Å². The van der Waals surface area contributed by atoms with Crippen molar-refractivity contribution in [2.45, 2.75) is 24.3 Å². The molecule has 0 spiro atoms. The zero-order valence-corrected chi connectivity index (χ0v) is 14.4. The standard InChI is InChI=1S/C15H12ClF3N2O3S/c1-25(23,24)14-10-3-2-4-21(10)13(11(14)16)15(22)20-7-5-8(17)12(19)9(18)6-7/h5-6H,2-4H2,1H3,(H,20,22). The summed E-state index contributed by atoms with van der Waals surface area (Å²) in [6.45, 7) is 0.388. The van der Waals surface area contributed by atoms with E-state index in [4.69, 9.17) is 11.6 Å². The van der Waals surface area contributed by atoms with Gasteiger partial charge in [-0.1, -0.05) is 11.6 Å². The minimum Gasteiger partial charge on any atom is -0.338 e. The molecule has 1 aromatic heterocycles. The highest BCUT2D eigenvalue weighted by Gasteiger charge is 2.33. The van der Waals surface area contributed by atoms with Crippen LogP contribution in [0.3, 0.4) is 0 Å².